The first-order chi connectivity index (χ1) is 11.4. The van der Waals surface area contributed by atoms with Crippen molar-refractivity contribution in [2.45, 2.75) is 105 Å². The Morgan fingerprint density at radius 1 is 0.731 bits per heavy atom. The molecule has 0 radical (unpaired) electrons. The van der Waals surface area contributed by atoms with Gasteiger partial charge in [0.1, 0.15) is 11.6 Å². The average Bonchev–Trinajstić information content (AvgIpc) is 3.06. The Kier molecular flexibility index (Phi) is 6.17. The summed E-state index contributed by atoms with van der Waals surface area (Å²) < 4.78 is 5.31. The summed E-state index contributed by atoms with van der Waals surface area (Å²) in [4.78, 5) is 4.49. The van der Waals surface area contributed by atoms with Crippen LogP contribution in [0.4, 0.5) is 0 Å². The molecule has 0 aliphatic carbocycles. The molecule has 5 nitrogen and oxygen atoms in total. The molecule has 148 valence electrons. The van der Waals surface area contributed by atoms with E-state index in [1.165, 1.54) is 0 Å². The van der Waals surface area contributed by atoms with Gasteiger partial charge < -0.3 is 4.52 Å². The minimum Gasteiger partial charge on any atom is -0.361 e. The van der Waals surface area contributed by atoms with Crippen molar-refractivity contribution in [2.75, 3.05) is 0 Å². The highest BCUT2D eigenvalue weighted by atomic mass is 16.5. The van der Waals surface area contributed by atoms with Crippen LogP contribution in [0.3, 0.4) is 0 Å². The van der Waals surface area contributed by atoms with E-state index in [0.717, 1.165) is 23.1 Å². The maximum atomic E-state index is 5.31. The third-order valence-corrected chi connectivity index (χ3v) is 3.88. The van der Waals surface area contributed by atoms with Crippen LogP contribution in [-0.4, -0.2) is 20.3 Å². The lowest BCUT2D eigenvalue weighted by Crippen LogP contribution is -2.16. The fraction of sp³-hybridized carbons (Fsp3) is 0.762. The first-order valence-electron chi connectivity index (χ1n) is 9.33. The number of nitrogens with one attached hydrogen (secondary N) is 1. The number of nitrogens with zero attached hydrogens (tertiary/aromatic N) is 3. The summed E-state index contributed by atoms with van der Waals surface area (Å²) in [6.45, 7) is 25.5. The number of hydrogen-bond donors (Lipinski definition) is 1. The standard InChI is InChI=1S/C11H19NO.C10H19N3/c1-10(2,3)8-7-9(13-12-8)11(4,5)6;1-9(2,3)7-11-8(13-12-7)10(4,5)6/h7H,1-6H3;1-6H3,(H,11,12,13). The van der Waals surface area contributed by atoms with Crippen molar-refractivity contribution in [2.24, 2.45) is 0 Å². The van der Waals surface area contributed by atoms with Crippen molar-refractivity contribution in [3.63, 3.8) is 0 Å². The second kappa shape index (κ2) is 7.16. The lowest BCUT2D eigenvalue weighted by atomic mass is 9.88. The summed E-state index contributed by atoms with van der Waals surface area (Å²) in [5, 5.41) is 11.3. The molecule has 0 saturated carbocycles. The van der Waals surface area contributed by atoms with E-state index in [-0.39, 0.29) is 21.7 Å². The second-order valence-corrected chi connectivity index (χ2v) is 11.1. The van der Waals surface area contributed by atoms with Gasteiger partial charge in [0.2, 0.25) is 0 Å². The molecular weight excluding hydrogens is 324 g/mol. The van der Waals surface area contributed by atoms with Crippen molar-refractivity contribution in [1.82, 2.24) is 20.3 Å². The predicted octanol–water partition coefficient (Wildman–Crippen LogP) is 5.67. The molecule has 5 heteroatoms. The largest absolute Gasteiger partial charge is 0.361 e. The number of H-pyrrole nitrogens is 1. The number of aromatic nitrogens is 4. The highest BCUT2D eigenvalue weighted by Gasteiger charge is 2.25. The van der Waals surface area contributed by atoms with Crippen LogP contribution in [0.2, 0.25) is 0 Å². The molecule has 0 bridgehead atoms. The lowest BCUT2D eigenvalue weighted by molar-refractivity contribution is 0.319. The maximum absolute atomic E-state index is 5.31. The number of aromatic amines is 1. The molecule has 0 spiro atoms. The van der Waals surface area contributed by atoms with E-state index < -0.39 is 0 Å². The van der Waals surface area contributed by atoms with E-state index in [4.69, 9.17) is 4.52 Å². The molecule has 0 aliphatic rings. The van der Waals surface area contributed by atoms with Crippen LogP contribution in [0, 0.1) is 0 Å². The van der Waals surface area contributed by atoms with Gasteiger partial charge in [-0.25, -0.2) is 4.98 Å². The van der Waals surface area contributed by atoms with Gasteiger partial charge in [-0.2, -0.15) is 5.10 Å². The van der Waals surface area contributed by atoms with Gasteiger partial charge in [-0.1, -0.05) is 88.2 Å². The Labute approximate surface area is 159 Å². The molecule has 0 amide bonds. The van der Waals surface area contributed by atoms with Gasteiger partial charge in [0, 0.05) is 27.7 Å². The normalized spacial score (nSPS) is 13.4. The van der Waals surface area contributed by atoms with Gasteiger partial charge >= 0.3 is 0 Å². The van der Waals surface area contributed by atoms with Crippen molar-refractivity contribution < 1.29 is 4.52 Å². The smallest absolute Gasteiger partial charge is 0.156 e. The summed E-state index contributed by atoms with van der Waals surface area (Å²) in [6, 6.07) is 2.06. The van der Waals surface area contributed by atoms with Gasteiger partial charge in [-0.05, 0) is 0 Å². The zero-order valence-electron chi connectivity index (χ0n) is 18.8. The van der Waals surface area contributed by atoms with Gasteiger partial charge in [0.25, 0.3) is 0 Å². The Morgan fingerprint density at radius 3 is 1.50 bits per heavy atom. The van der Waals surface area contributed by atoms with Crippen LogP contribution in [0.1, 0.15) is 106 Å². The maximum Gasteiger partial charge on any atom is 0.156 e. The van der Waals surface area contributed by atoms with E-state index >= 15 is 0 Å². The number of hydrogen-bond acceptors (Lipinski definition) is 4. The summed E-state index contributed by atoms with van der Waals surface area (Å²) >= 11 is 0. The van der Waals surface area contributed by atoms with Gasteiger partial charge in [-0.3, -0.25) is 5.10 Å². The molecule has 0 fully saturated rings. The first-order valence-corrected chi connectivity index (χ1v) is 9.33. The fourth-order valence-corrected chi connectivity index (χ4v) is 1.91. The summed E-state index contributed by atoms with van der Waals surface area (Å²) in [7, 11) is 0. The van der Waals surface area contributed by atoms with E-state index in [9.17, 15) is 0 Å². The molecule has 2 aromatic heterocycles. The van der Waals surface area contributed by atoms with Gasteiger partial charge in [-0.15, -0.1) is 0 Å². The van der Waals surface area contributed by atoms with Crippen molar-refractivity contribution in [1.29, 1.82) is 0 Å². The molecule has 0 saturated heterocycles. The molecule has 0 aromatic carbocycles. The topological polar surface area (TPSA) is 67.6 Å². The third kappa shape index (κ3) is 6.26. The molecule has 0 aliphatic heterocycles. The first kappa shape index (κ1) is 22.4. The van der Waals surface area contributed by atoms with Crippen LogP contribution >= 0.6 is 0 Å². The zero-order chi connectivity index (χ0) is 20.6. The lowest BCUT2D eigenvalue weighted by Gasteiger charge is -2.15. The molecular formula is C21H38N4O. The summed E-state index contributed by atoms with van der Waals surface area (Å²) in [6.07, 6.45) is 0. The van der Waals surface area contributed by atoms with Crippen LogP contribution in [0.15, 0.2) is 10.6 Å². The average molecular weight is 363 g/mol. The Bertz CT molecular complexity index is 579. The minimum absolute atomic E-state index is 0.0278. The van der Waals surface area contributed by atoms with Crippen molar-refractivity contribution in [3.8, 4) is 0 Å². The Morgan fingerprint density at radius 2 is 1.27 bits per heavy atom. The van der Waals surface area contributed by atoms with Crippen molar-refractivity contribution in [3.05, 3.63) is 29.2 Å². The molecule has 2 aromatic rings. The van der Waals surface area contributed by atoms with Gasteiger partial charge in [0.15, 0.2) is 5.82 Å². The highest BCUT2D eigenvalue weighted by molar-refractivity contribution is 5.18. The quantitative estimate of drug-likeness (QED) is 0.655. The number of rotatable bonds is 0. The van der Waals surface area contributed by atoms with Crippen LogP contribution in [0.5, 0.6) is 0 Å². The van der Waals surface area contributed by atoms with Crippen LogP contribution < -0.4 is 0 Å². The Hall–Kier alpha value is -1.65. The van der Waals surface area contributed by atoms with E-state index in [2.05, 4.69) is 109 Å². The highest BCUT2D eigenvalue weighted by Crippen LogP contribution is 2.28. The van der Waals surface area contributed by atoms with Crippen molar-refractivity contribution >= 4 is 0 Å². The second-order valence-electron chi connectivity index (χ2n) is 11.1. The summed E-state index contributed by atoms with van der Waals surface area (Å²) in [5.41, 5.74) is 1.23. The molecule has 1 N–H and O–H groups in total. The fourth-order valence-electron chi connectivity index (χ4n) is 1.91. The van der Waals surface area contributed by atoms with E-state index in [1.807, 2.05) is 0 Å². The predicted molar refractivity (Wildman–Crippen MR) is 108 cm³/mol. The van der Waals surface area contributed by atoms with Crippen LogP contribution in [0.25, 0.3) is 0 Å². The monoisotopic (exact) mass is 362 g/mol. The summed E-state index contributed by atoms with van der Waals surface area (Å²) in [5.74, 6) is 2.80. The molecule has 0 unspecified atom stereocenters. The molecule has 2 heterocycles. The van der Waals surface area contributed by atoms with Gasteiger partial charge in [0.05, 0.1) is 5.69 Å². The van der Waals surface area contributed by atoms with Crippen LogP contribution in [-0.2, 0) is 21.7 Å². The zero-order valence-corrected chi connectivity index (χ0v) is 18.8. The Balaban J connectivity index is 0.000000260. The molecule has 0 atom stereocenters. The van der Waals surface area contributed by atoms with E-state index in [1.54, 1.807) is 0 Å². The minimum atomic E-state index is 0.0278. The molecule has 2 rings (SSSR count). The third-order valence-electron chi connectivity index (χ3n) is 3.88. The molecule has 26 heavy (non-hydrogen) atoms. The van der Waals surface area contributed by atoms with E-state index in [0.29, 0.717) is 0 Å². The SMILES string of the molecule is CC(C)(C)c1cc(C(C)(C)C)on1.CC(C)(C)c1n[nH]c(C(C)(C)C)n1.